The molecule has 24 heavy (non-hydrogen) atoms. The summed E-state index contributed by atoms with van der Waals surface area (Å²) in [5.41, 5.74) is -1.36. The van der Waals surface area contributed by atoms with E-state index < -0.39 is 23.4 Å². The standard InChI is InChI=1S/C17H19ClN2O4/c1-4-23-16(22)17(2,3)14(21)15(20-10-9-19-11-20)24-13-7-5-12(18)6-8-13/h5-11,15H,4H2,1-3H3. The molecule has 7 heteroatoms. The SMILES string of the molecule is CCOC(=O)C(C)(C)C(=O)C(Oc1ccc(Cl)cc1)n1ccnc1. The van der Waals surface area contributed by atoms with Gasteiger partial charge in [-0.2, -0.15) is 0 Å². The first-order chi connectivity index (χ1) is 11.4. The van der Waals surface area contributed by atoms with Gasteiger partial charge in [-0.15, -0.1) is 0 Å². The molecule has 128 valence electrons. The number of imidazole rings is 1. The summed E-state index contributed by atoms with van der Waals surface area (Å²) in [5.74, 6) is -0.583. The number of carbonyl (C=O) groups excluding carboxylic acids is 2. The first-order valence-corrected chi connectivity index (χ1v) is 7.85. The minimum atomic E-state index is -1.36. The highest BCUT2D eigenvalue weighted by Gasteiger charge is 2.43. The third-order valence-corrected chi connectivity index (χ3v) is 3.74. The Kier molecular flexibility index (Phi) is 5.62. The van der Waals surface area contributed by atoms with Gasteiger partial charge in [-0.3, -0.25) is 14.2 Å². The van der Waals surface area contributed by atoms with Crippen LogP contribution in [0.4, 0.5) is 0 Å². The topological polar surface area (TPSA) is 70.4 Å². The van der Waals surface area contributed by atoms with Crippen molar-refractivity contribution in [1.29, 1.82) is 0 Å². The monoisotopic (exact) mass is 350 g/mol. The number of ketones is 1. The van der Waals surface area contributed by atoms with Crippen LogP contribution in [0.3, 0.4) is 0 Å². The Morgan fingerprint density at radius 3 is 2.50 bits per heavy atom. The number of esters is 1. The van der Waals surface area contributed by atoms with Crippen LogP contribution >= 0.6 is 11.6 Å². The lowest BCUT2D eigenvalue weighted by atomic mass is 9.87. The van der Waals surface area contributed by atoms with Gasteiger partial charge in [0.25, 0.3) is 0 Å². The van der Waals surface area contributed by atoms with E-state index in [4.69, 9.17) is 21.1 Å². The molecule has 0 saturated heterocycles. The minimum Gasteiger partial charge on any atom is -0.465 e. The van der Waals surface area contributed by atoms with Crippen molar-refractivity contribution in [3.05, 3.63) is 48.0 Å². The molecular formula is C17H19ClN2O4. The van der Waals surface area contributed by atoms with E-state index in [-0.39, 0.29) is 6.61 Å². The number of hydrogen-bond donors (Lipinski definition) is 0. The Bertz CT molecular complexity index is 696. The zero-order valence-electron chi connectivity index (χ0n) is 13.7. The molecular weight excluding hydrogens is 332 g/mol. The second kappa shape index (κ2) is 7.49. The third-order valence-electron chi connectivity index (χ3n) is 3.48. The second-order valence-electron chi connectivity index (χ2n) is 5.64. The van der Waals surface area contributed by atoms with E-state index in [9.17, 15) is 9.59 Å². The van der Waals surface area contributed by atoms with E-state index in [0.29, 0.717) is 10.8 Å². The number of Topliss-reactive ketones (excluding diaryl/α,β-unsaturated/α-hetero) is 1. The summed E-state index contributed by atoms with van der Waals surface area (Å²) in [6, 6.07) is 6.61. The molecule has 0 aliphatic heterocycles. The van der Waals surface area contributed by atoms with Crippen molar-refractivity contribution >= 4 is 23.4 Å². The van der Waals surface area contributed by atoms with Crippen molar-refractivity contribution in [1.82, 2.24) is 9.55 Å². The average Bonchev–Trinajstić information content (AvgIpc) is 3.08. The van der Waals surface area contributed by atoms with Gasteiger partial charge in [0.05, 0.1) is 12.9 Å². The van der Waals surface area contributed by atoms with Crippen LogP contribution in [0.2, 0.25) is 5.02 Å². The summed E-state index contributed by atoms with van der Waals surface area (Å²) in [4.78, 5) is 29.0. The number of carbonyl (C=O) groups is 2. The lowest BCUT2D eigenvalue weighted by molar-refractivity contribution is -0.161. The van der Waals surface area contributed by atoms with Crippen LogP contribution < -0.4 is 4.74 Å². The molecule has 2 aromatic rings. The molecule has 1 atom stereocenters. The Morgan fingerprint density at radius 2 is 1.96 bits per heavy atom. The Morgan fingerprint density at radius 1 is 1.29 bits per heavy atom. The van der Waals surface area contributed by atoms with E-state index in [0.717, 1.165) is 0 Å². The Labute approximate surface area is 145 Å². The molecule has 0 bridgehead atoms. The molecule has 1 aromatic carbocycles. The van der Waals surface area contributed by atoms with Crippen LogP contribution in [0.15, 0.2) is 43.0 Å². The van der Waals surface area contributed by atoms with Crippen molar-refractivity contribution in [3.8, 4) is 5.75 Å². The smallest absolute Gasteiger partial charge is 0.319 e. The van der Waals surface area contributed by atoms with Crippen LogP contribution in [0.5, 0.6) is 5.75 Å². The van der Waals surface area contributed by atoms with Crippen molar-refractivity contribution < 1.29 is 19.1 Å². The molecule has 1 unspecified atom stereocenters. The van der Waals surface area contributed by atoms with Crippen molar-refractivity contribution in [2.24, 2.45) is 5.41 Å². The molecule has 0 aliphatic rings. The summed E-state index contributed by atoms with van der Waals surface area (Å²) < 4.78 is 12.3. The number of rotatable bonds is 7. The Balaban J connectivity index is 2.31. The van der Waals surface area contributed by atoms with E-state index in [1.807, 2.05) is 0 Å². The van der Waals surface area contributed by atoms with Gasteiger partial charge in [0.2, 0.25) is 12.0 Å². The maximum Gasteiger partial charge on any atom is 0.319 e. The first-order valence-electron chi connectivity index (χ1n) is 7.47. The molecule has 0 spiro atoms. The fourth-order valence-electron chi connectivity index (χ4n) is 2.02. The largest absolute Gasteiger partial charge is 0.465 e. The molecule has 0 N–H and O–H groups in total. The zero-order valence-corrected chi connectivity index (χ0v) is 14.5. The molecule has 1 aromatic heterocycles. The highest BCUT2D eigenvalue weighted by Crippen LogP contribution is 2.29. The predicted molar refractivity (Wildman–Crippen MR) is 88.8 cm³/mol. The Hall–Kier alpha value is -2.34. The highest BCUT2D eigenvalue weighted by molar-refractivity contribution is 6.30. The van der Waals surface area contributed by atoms with Crippen LogP contribution in [0.1, 0.15) is 27.0 Å². The lowest BCUT2D eigenvalue weighted by Gasteiger charge is -2.27. The molecule has 0 amide bonds. The van der Waals surface area contributed by atoms with Gasteiger partial charge < -0.3 is 9.47 Å². The van der Waals surface area contributed by atoms with Gasteiger partial charge in [0.15, 0.2) is 0 Å². The fraction of sp³-hybridized carbons (Fsp3) is 0.353. The fourth-order valence-corrected chi connectivity index (χ4v) is 2.15. The van der Waals surface area contributed by atoms with Crippen LogP contribution in [0, 0.1) is 5.41 Å². The third kappa shape index (κ3) is 3.94. The molecule has 0 radical (unpaired) electrons. The van der Waals surface area contributed by atoms with E-state index >= 15 is 0 Å². The minimum absolute atomic E-state index is 0.198. The molecule has 0 saturated carbocycles. The summed E-state index contributed by atoms with van der Waals surface area (Å²) in [6.07, 6.45) is 3.54. The van der Waals surface area contributed by atoms with Gasteiger partial charge in [-0.25, -0.2) is 4.98 Å². The first kappa shape index (κ1) is 18.0. The molecule has 2 rings (SSSR count). The van der Waals surface area contributed by atoms with Crippen LogP contribution in [0.25, 0.3) is 0 Å². The number of halogens is 1. The quantitative estimate of drug-likeness (QED) is 0.566. The maximum absolute atomic E-state index is 13.0. The van der Waals surface area contributed by atoms with E-state index in [2.05, 4.69) is 4.98 Å². The van der Waals surface area contributed by atoms with Gasteiger partial charge >= 0.3 is 5.97 Å². The maximum atomic E-state index is 13.0. The second-order valence-corrected chi connectivity index (χ2v) is 6.08. The summed E-state index contributed by atoms with van der Waals surface area (Å²) in [5, 5.41) is 0.555. The molecule has 0 fully saturated rings. The zero-order chi connectivity index (χ0) is 17.7. The van der Waals surface area contributed by atoms with Gasteiger partial charge in [0.1, 0.15) is 11.2 Å². The van der Waals surface area contributed by atoms with Gasteiger partial charge in [-0.1, -0.05) is 11.6 Å². The number of ether oxygens (including phenoxy) is 2. The van der Waals surface area contributed by atoms with Crippen molar-refractivity contribution in [2.75, 3.05) is 6.61 Å². The number of hydrogen-bond acceptors (Lipinski definition) is 5. The van der Waals surface area contributed by atoms with E-state index in [1.165, 1.54) is 30.9 Å². The van der Waals surface area contributed by atoms with Crippen LogP contribution in [-0.4, -0.2) is 27.9 Å². The average molecular weight is 351 g/mol. The van der Waals surface area contributed by atoms with Crippen molar-refractivity contribution in [3.63, 3.8) is 0 Å². The number of aromatic nitrogens is 2. The molecule has 0 aliphatic carbocycles. The van der Waals surface area contributed by atoms with Gasteiger partial charge in [0, 0.05) is 17.4 Å². The molecule has 1 heterocycles. The molecule has 6 nitrogen and oxygen atoms in total. The van der Waals surface area contributed by atoms with Crippen molar-refractivity contribution in [2.45, 2.75) is 27.0 Å². The number of benzene rings is 1. The highest BCUT2D eigenvalue weighted by atomic mass is 35.5. The van der Waals surface area contributed by atoms with Crippen LogP contribution in [-0.2, 0) is 14.3 Å². The summed E-state index contributed by atoms with van der Waals surface area (Å²) in [7, 11) is 0. The number of nitrogens with zero attached hydrogens (tertiary/aromatic N) is 2. The van der Waals surface area contributed by atoms with E-state index in [1.54, 1.807) is 37.4 Å². The van der Waals surface area contributed by atoms with Gasteiger partial charge in [-0.05, 0) is 45.0 Å². The summed E-state index contributed by atoms with van der Waals surface area (Å²) >= 11 is 5.86. The predicted octanol–water partition coefficient (Wildman–Crippen LogP) is 3.27. The normalized spacial score (nSPS) is 12.5. The lowest BCUT2D eigenvalue weighted by Crippen LogP contribution is -2.41. The summed E-state index contributed by atoms with van der Waals surface area (Å²) in [6.45, 7) is 4.92.